The molecule has 4 nitrogen and oxygen atoms in total. The number of rotatable bonds is 5. The molecular formula is C16H14FNO3. The van der Waals surface area contributed by atoms with Crippen LogP contribution in [0.5, 0.6) is 0 Å². The second-order valence-electron chi connectivity index (χ2n) is 4.55. The van der Waals surface area contributed by atoms with Gasteiger partial charge >= 0.3 is 5.97 Å². The van der Waals surface area contributed by atoms with Crippen LogP contribution in [0.2, 0.25) is 0 Å². The summed E-state index contributed by atoms with van der Waals surface area (Å²) in [5.74, 6) is -0.821. The number of carbonyl (C=O) groups excluding carboxylic acids is 2. The lowest BCUT2D eigenvalue weighted by Crippen LogP contribution is -2.09. The number of hydrogen-bond acceptors (Lipinski definition) is 4. The highest BCUT2D eigenvalue weighted by Gasteiger charge is 2.09. The maximum Gasteiger partial charge on any atom is 0.339 e. The monoisotopic (exact) mass is 287 g/mol. The molecule has 0 N–H and O–H groups in total. The Morgan fingerprint density at radius 3 is 2.38 bits per heavy atom. The number of methoxy groups -OCH3 is 1. The molecule has 0 aliphatic rings. The number of halogens is 1. The van der Waals surface area contributed by atoms with E-state index in [9.17, 15) is 14.0 Å². The van der Waals surface area contributed by atoms with E-state index in [4.69, 9.17) is 0 Å². The minimum absolute atomic E-state index is 0.0278. The molecule has 0 bridgehead atoms. The van der Waals surface area contributed by atoms with Gasteiger partial charge in [0.2, 0.25) is 0 Å². The zero-order chi connectivity index (χ0) is 15.2. The zero-order valence-corrected chi connectivity index (χ0v) is 11.5. The van der Waals surface area contributed by atoms with Crippen molar-refractivity contribution in [3.63, 3.8) is 0 Å². The number of aromatic nitrogens is 1. The Morgan fingerprint density at radius 1 is 1.10 bits per heavy atom. The van der Waals surface area contributed by atoms with Crippen molar-refractivity contribution in [2.24, 2.45) is 0 Å². The summed E-state index contributed by atoms with van der Waals surface area (Å²) >= 11 is 0. The normalized spacial score (nSPS) is 10.2. The van der Waals surface area contributed by atoms with Crippen LogP contribution >= 0.6 is 0 Å². The van der Waals surface area contributed by atoms with Crippen LogP contribution in [0.3, 0.4) is 0 Å². The van der Waals surface area contributed by atoms with Crippen LogP contribution in [0.4, 0.5) is 4.39 Å². The van der Waals surface area contributed by atoms with Crippen molar-refractivity contribution in [2.45, 2.75) is 12.8 Å². The summed E-state index contributed by atoms with van der Waals surface area (Å²) in [6.45, 7) is 0. The lowest BCUT2D eigenvalue weighted by molar-refractivity contribution is -0.117. The molecule has 0 unspecified atom stereocenters. The Balaban J connectivity index is 1.96. The smallest absolute Gasteiger partial charge is 0.339 e. The van der Waals surface area contributed by atoms with Crippen LogP contribution in [0.1, 0.15) is 21.6 Å². The summed E-state index contributed by atoms with van der Waals surface area (Å²) in [6, 6.07) is 9.01. The molecule has 1 heterocycles. The fraction of sp³-hybridized carbons (Fsp3) is 0.188. The van der Waals surface area contributed by atoms with Crippen LogP contribution in [0, 0.1) is 5.82 Å². The average molecular weight is 287 g/mol. The molecule has 0 saturated carbocycles. The summed E-state index contributed by atoms with van der Waals surface area (Å²) in [5.41, 5.74) is 1.68. The Bertz CT molecular complexity index is 636. The van der Waals surface area contributed by atoms with Crippen LogP contribution in [0.15, 0.2) is 42.6 Å². The molecule has 5 heteroatoms. The highest BCUT2D eigenvalue weighted by molar-refractivity contribution is 5.89. The summed E-state index contributed by atoms with van der Waals surface area (Å²) in [4.78, 5) is 27.2. The van der Waals surface area contributed by atoms with Gasteiger partial charge in [-0.15, -0.1) is 0 Å². The van der Waals surface area contributed by atoms with Crippen molar-refractivity contribution in [1.82, 2.24) is 4.98 Å². The number of hydrogen-bond donors (Lipinski definition) is 0. The fourth-order valence-electron chi connectivity index (χ4n) is 1.86. The largest absolute Gasteiger partial charge is 0.465 e. The van der Waals surface area contributed by atoms with Crippen molar-refractivity contribution >= 4 is 11.8 Å². The lowest BCUT2D eigenvalue weighted by atomic mass is 10.1. The number of esters is 1. The summed E-state index contributed by atoms with van der Waals surface area (Å²) in [5, 5.41) is 0. The molecule has 0 atom stereocenters. The summed E-state index contributed by atoms with van der Waals surface area (Å²) in [6.07, 6.45) is 1.77. The van der Waals surface area contributed by atoms with Crippen molar-refractivity contribution in [1.29, 1.82) is 0 Å². The van der Waals surface area contributed by atoms with E-state index < -0.39 is 5.97 Å². The molecule has 108 valence electrons. The van der Waals surface area contributed by atoms with E-state index in [1.165, 1.54) is 25.4 Å². The van der Waals surface area contributed by atoms with Crippen molar-refractivity contribution in [3.8, 4) is 0 Å². The number of Topliss-reactive ketones (excluding diaryl/α,β-unsaturated/α-hetero) is 1. The molecule has 0 saturated heterocycles. The number of pyridine rings is 1. The Morgan fingerprint density at radius 2 is 1.81 bits per heavy atom. The zero-order valence-electron chi connectivity index (χ0n) is 11.5. The van der Waals surface area contributed by atoms with E-state index in [-0.39, 0.29) is 24.4 Å². The molecule has 0 aliphatic heterocycles. The van der Waals surface area contributed by atoms with E-state index >= 15 is 0 Å². The minimum atomic E-state index is -0.466. The van der Waals surface area contributed by atoms with Gasteiger partial charge in [0.15, 0.2) is 0 Å². The maximum atomic E-state index is 12.8. The van der Waals surface area contributed by atoms with Gasteiger partial charge in [0.05, 0.1) is 12.7 Å². The van der Waals surface area contributed by atoms with Gasteiger partial charge in [0.25, 0.3) is 0 Å². The van der Waals surface area contributed by atoms with Gasteiger partial charge < -0.3 is 4.74 Å². The van der Waals surface area contributed by atoms with Crippen molar-refractivity contribution in [3.05, 3.63) is 65.2 Å². The number of carbonyl (C=O) groups is 2. The Kier molecular flexibility index (Phi) is 4.77. The third-order valence-electron chi connectivity index (χ3n) is 2.94. The molecule has 1 aromatic carbocycles. The third-order valence-corrected chi connectivity index (χ3v) is 2.94. The minimum Gasteiger partial charge on any atom is -0.465 e. The number of nitrogens with zero attached hydrogens (tertiary/aromatic N) is 1. The molecule has 0 aliphatic carbocycles. The van der Waals surface area contributed by atoms with Gasteiger partial charge in [-0.25, -0.2) is 9.18 Å². The van der Waals surface area contributed by atoms with Crippen LogP contribution in [-0.2, 0) is 22.4 Å². The van der Waals surface area contributed by atoms with Crippen LogP contribution in [-0.4, -0.2) is 23.8 Å². The predicted octanol–water partition coefficient (Wildman–Crippen LogP) is 2.36. The number of ether oxygens (including phenoxy) is 1. The summed E-state index contributed by atoms with van der Waals surface area (Å²) in [7, 11) is 1.29. The van der Waals surface area contributed by atoms with Crippen LogP contribution < -0.4 is 0 Å². The van der Waals surface area contributed by atoms with Gasteiger partial charge in [-0.3, -0.25) is 9.78 Å². The van der Waals surface area contributed by atoms with Gasteiger partial charge in [0.1, 0.15) is 11.6 Å². The van der Waals surface area contributed by atoms with E-state index in [0.29, 0.717) is 11.3 Å². The van der Waals surface area contributed by atoms with Crippen molar-refractivity contribution < 1.29 is 18.7 Å². The molecule has 1 aromatic heterocycles. The lowest BCUT2D eigenvalue weighted by Gasteiger charge is -2.03. The summed E-state index contributed by atoms with van der Waals surface area (Å²) < 4.78 is 17.3. The molecule has 0 radical (unpaired) electrons. The first-order chi connectivity index (χ1) is 10.1. The second-order valence-corrected chi connectivity index (χ2v) is 4.55. The van der Waals surface area contributed by atoms with Crippen molar-refractivity contribution in [2.75, 3.05) is 7.11 Å². The average Bonchev–Trinajstić information content (AvgIpc) is 2.49. The first-order valence-electron chi connectivity index (χ1n) is 6.38. The van der Waals surface area contributed by atoms with Gasteiger partial charge in [0, 0.05) is 24.7 Å². The van der Waals surface area contributed by atoms with Gasteiger partial charge in [-0.05, 0) is 29.8 Å². The second kappa shape index (κ2) is 6.74. The fourth-order valence-corrected chi connectivity index (χ4v) is 1.86. The maximum absolute atomic E-state index is 12.8. The van der Waals surface area contributed by atoms with E-state index in [1.807, 2.05) is 0 Å². The molecule has 2 rings (SSSR count). The first kappa shape index (κ1) is 14.8. The topological polar surface area (TPSA) is 56.3 Å². The standard InChI is InChI=1S/C16H14FNO3/c1-21-16(20)12-4-7-14(18-10-12)9-15(19)8-11-2-5-13(17)6-3-11/h2-7,10H,8-9H2,1H3. The SMILES string of the molecule is COC(=O)c1ccc(CC(=O)Cc2ccc(F)cc2)nc1. The molecule has 0 amide bonds. The molecule has 21 heavy (non-hydrogen) atoms. The highest BCUT2D eigenvalue weighted by atomic mass is 19.1. The Hall–Kier alpha value is -2.56. The molecule has 0 fully saturated rings. The molecule has 0 spiro atoms. The predicted molar refractivity (Wildman–Crippen MR) is 74.4 cm³/mol. The highest BCUT2D eigenvalue weighted by Crippen LogP contribution is 2.07. The third kappa shape index (κ3) is 4.21. The molecular weight excluding hydrogens is 273 g/mol. The Labute approximate surface area is 121 Å². The van der Waals surface area contributed by atoms with E-state index in [2.05, 4.69) is 9.72 Å². The van der Waals surface area contributed by atoms with Crippen LogP contribution in [0.25, 0.3) is 0 Å². The van der Waals surface area contributed by atoms with Gasteiger partial charge in [-0.1, -0.05) is 12.1 Å². The van der Waals surface area contributed by atoms with E-state index in [0.717, 1.165) is 5.56 Å². The number of benzene rings is 1. The van der Waals surface area contributed by atoms with E-state index in [1.54, 1.807) is 24.3 Å². The van der Waals surface area contributed by atoms with Gasteiger partial charge in [-0.2, -0.15) is 0 Å². The number of ketones is 1. The quantitative estimate of drug-likeness (QED) is 0.792. The molecule has 2 aromatic rings. The first-order valence-corrected chi connectivity index (χ1v) is 6.38.